The lowest BCUT2D eigenvalue weighted by molar-refractivity contribution is 0.187. The number of anilines is 1. The van der Waals surface area contributed by atoms with Gasteiger partial charge in [0.15, 0.2) is 28.6 Å². The maximum absolute atomic E-state index is 14.3. The van der Waals surface area contributed by atoms with E-state index >= 15 is 0 Å². The Bertz CT molecular complexity index is 1380. The number of aryl methyl sites for hydroxylation is 1. The van der Waals surface area contributed by atoms with Crippen LogP contribution < -0.4 is 15.5 Å². The molecule has 0 aliphatic carbocycles. The molecule has 3 aromatic carbocycles. The molecule has 0 aliphatic rings. The van der Waals surface area contributed by atoms with E-state index in [2.05, 4.69) is 10.1 Å². The molecule has 6 nitrogen and oxygen atoms in total. The van der Waals surface area contributed by atoms with Crippen molar-refractivity contribution in [1.82, 2.24) is 4.57 Å². The molecule has 0 fully saturated rings. The smallest absolute Gasteiger partial charge is 0.411 e. The first-order valence-corrected chi connectivity index (χ1v) is 9.61. The second-order valence-electron chi connectivity index (χ2n) is 6.98. The zero-order valence-corrected chi connectivity index (χ0v) is 17.2. The number of amides is 1. The molecule has 1 N–H and O–H groups in total. The maximum atomic E-state index is 14.3. The number of hydrogen-bond donors (Lipinski definition) is 1. The number of halogens is 2. The molecule has 0 unspecified atom stereocenters. The van der Waals surface area contributed by atoms with Gasteiger partial charge in [0.05, 0.1) is 18.3 Å². The van der Waals surface area contributed by atoms with Gasteiger partial charge in [-0.3, -0.25) is 10.1 Å². The zero-order valence-electron chi connectivity index (χ0n) is 17.2. The van der Waals surface area contributed by atoms with Crippen molar-refractivity contribution < 1.29 is 23.0 Å². The average molecular weight is 436 g/mol. The number of pyridine rings is 1. The van der Waals surface area contributed by atoms with Crippen molar-refractivity contribution in [3.05, 3.63) is 94.3 Å². The molecule has 0 bridgehead atoms. The molecule has 8 heteroatoms. The highest BCUT2D eigenvalue weighted by atomic mass is 19.1. The second-order valence-corrected chi connectivity index (χ2v) is 6.98. The van der Waals surface area contributed by atoms with E-state index in [1.165, 1.54) is 25.3 Å². The Labute approximate surface area is 181 Å². The van der Waals surface area contributed by atoms with Crippen LogP contribution in [0, 0.1) is 18.6 Å². The fourth-order valence-corrected chi connectivity index (χ4v) is 3.34. The molecule has 162 valence electrons. The lowest BCUT2D eigenvalue weighted by atomic mass is 10.1. The summed E-state index contributed by atoms with van der Waals surface area (Å²) in [7, 11) is 1.23. The molecule has 4 rings (SSSR count). The van der Waals surface area contributed by atoms with Crippen LogP contribution in [0.4, 0.5) is 19.3 Å². The van der Waals surface area contributed by atoms with Crippen LogP contribution >= 0.6 is 0 Å². The molecular formula is C24H18F2N2O4. The number of nitrogens with zero attached hydrogens (tertiary/aromatic N) is 1. The number of benzene rings is 3. The Balaban J connectivity index is 1.96. The first-order chi connectivity index (χ1) is 15.4. The fraction of sp³-hybridized carbons (Fsp3) is 0.0833. The Morgan fingerprint density at radius 1 is 1.00 bits per heavy atom. The molecule has 0 radical (unpaired) electrons. The van der Waals surface area contributed by atoms with Gasteiger partial charge in [-0.15, -0.1) is 0 Å². The van der Waals surface area contributed by atoms with Crippen molar-refractivity contribution in [1.29, 1.82) is 0 Å². The highest BCUT2D eigenvalue weighted by Gasteiger charge is 2.17. The quantitative estimate of drug-likeness (QED) is 0.456. The molecule has 0 aliphatic heterocycles. The summed E-state index contributed by atoms with van der Waals surface area (Å²) in [5.41, 5.74) is 1.58. The first-order valence-electron chi connectivity index (χ1n) is 9.61. The van der Waals surface area contributed by atoms with Gasteiger partial charge >= 0.3 is 6.09 Å². The summed E-state index contributed by atoms with van der Waals surface area (Å²) in [6.07, 6.45) is 0.915. The summed E-state index contributed by atoms with van der Waals surface area (Å²) in [6, 6.07) is 14.9. The topological polar surface area (TPSA) is 69.6 Å². The number of nitrogens with one attached hydrogen (secondary N) is 1. The molecule has 0 atom stereocenters. The van der Waals surface area contributed by atoms with E-state index < -0.39 is 23.5 Å². The van der Waals surface area contributed by atoms with Gasteiger partial charge in [0.1, 0.15) is 0 Å². The highest BCUT2D eigenvalue weighted by molar-refractivity contribution is 5.86. The monoisotopic (exact) mass is 436 g/mol. The first kappa shape index (κ1) is 21.0. The number of fused-ring (bicyclic) bond motifs is 1. The van der Waals surface area contributed by atoms with E-state index in [0.29, 0.717) is 27.8 Å². The van der Waals surface area contributed by atoms with Gasteiger partial charge in [0.2, 0.25) is 0 Å². The average Bonchev–Trinajstić information content (AvgIpc) is 2.79. The van der Waals surface area contributed by atoms with Gasteiger partial charge < -0.3 is 14.0 Å². The van der Waals surface area contributed by atoms with Crippen LogP contribution in [-0.4, -0.2) is 17.8 Å². The van der Waals surface area contributed by atoms with Crippen LogP contribution in [0.15, 0.2) is 71.7 Å². The van der Waals surface area contributed by atoms with E-state index in [0.717, 1.165) is 12.1 Å². The standard InChI is InChI=1S/C24H18F2N2O4/c1-14-13-28(19-9-4-3-6-16(19)22(14)29)20-12-15(27-24(30)31-2)10-11-21(20)32-23-17(25)7-5-8-18(23)26/h3-13H,1-2H3,(H,27,30). The zero-order chi connectivity index (χ0) is 22.8. The van der Waals surface area contributed by atoms with Gasteiger partial charge in [-0.05, 0) is 49.4 Å². The summed E-state index contributed by atoms with van der Waals surface area (Å²) in [5.74, 6) is -2.19. The maximum Gasteiger partial charge on any atom is 0.411 e. The number of hydrogen-bond acceptors (Lipinski definition) is 4. The van der Waals surface area contributed by atoms with Crippen LogP contribution in [0.5, 0.6) is 11.5 Å². The molecule has 0 saturated carbocycles. The van der Waals surface area contributed by atoms with Gasteiger partial charge in [-0.25, -0.2) is 13.6 Å². The number of carbonyl (C=O) groups excluding carboxylic acids is 1. The summed E-state index contributed by atoms with van der Waals surface area (Å²) in [6.45, 7) is 1.67. The Kier molecular flexibility index (Phi) is 5.59. The third kappa shape index (κ3) is 3.90. The summed E-state index contributed by atoms with van der Waals surface area (Å²) < 4.78 is 40.4. The molecule has 1 aromatic heterocycles. The molecule has 32 heavy (non-hydrogen) atoms. The normalized spacial score (nSPS) is 10.8. The van der Waals surface area contributed by atoms with Crippen molar-refractivity contribution in [2.24, 2.45) is 0 Å². The van der Waals surface area contributed by atoms with Crippen LogP contribution in [0.1, 0.15) is 5.56 Å². The molecule has 0 spiro atoms. The number of methoxy groups -OCH3 is 1. The summed E-state index contributed by atoms with van der Waals surface area (Å²) >= 11 is 0. The minimum absolute atomic E-state index is 0.109. The number of rotatable bonds is 4. The van der Waals surface area contributed by atoms with E-state index in [9.17, 15) is 18.4 Å². The predicted molar refractivity (Wildman–Crippen MR) is 117 cm³/mol. The number of aromatic nitrogens is 1. The van der Waals surface area contributed by atoms with Crippen LogP contribution in [-0.2, 0) is 4.74 Å². The Morgan fingerprint density at radius 2 is 1.72 bits per heavy atom. The van der Waals surface area contributed by atoms with Crippen LogP contribution in [0.3, 0.4) is 0 Å². The molecule has 0 saturated heterocycles. The van der Waals surface area contributed by atoms with Gasteiger partial charge in [-0.1, -0.05) is 18.2 Å². The summed E-state index contributed by atoms with van der Waals surface area (Å²) in [5, 5.41) is 3.01. The number of ether oxygens (including phenoxy) is 2. The lowest BCUT2D eigenvalue weighted by Crippen LogP contribution is -2.13. The van der Waals surface area contributed by atoms with Crippen molar-refractivity contribution in [3.8, 4) is 17.2 Å². The third-order valence-electron chi connectivity index (χ3n) is 4.87. The van der Waals surface area contributed by atoms with Crippen molar-refractivity contribution >= 4 is 22.7 Å². The second kappa shape index (κ2) is 8.50. The van der Waals surface area contributed by atoms with E-state index in [1.54, 1.807) is 48.0 Å². The van der Waals surface area contributed by atoms with Gasteiger partial charge in [0, 0.05) is 22.8 Å². The van der Waals surface area contributed by atoms with E-state index in [-0.39, 0.29) is 11.2 Å². The minimum Gasteiger partial charge on any atom is -0.453 e. The largest absolute Gasteiger partial charge is 0.453 e. The predicted octanol–water partition coefficient (Wildman–Crippen LogP) is 5.55. The highest BCUT2D eigenvalue weighted by Crippen LogP contribution is 2.35. The van der Waals surface area contributed by atoms with Gasteiger partial charge in [-0.2, -0.15) is 0 Å². The number of para-hydroxylation sites is 2. The summed E-state index contributed by atoms with van der Waals surface area (Å²) in [4.78, 5) is 24.3. The molecular weight excluding hydrogens is 418 g/mol. The third-order valence-corrected chi connectivity index (χ3v) is 4.87. The van der Waals surface area contributed by atoms with Crippen molar-refractivity contribution in [2.75, 3.05) is 12.4 Å². The van der Waals surface area contributed by atoms with Crippen molar-refractivity contribution in [3.63, 3.8) is 0 Å². The van der Waals surface area contributed by atoms with Crippen molar-refractivity contribution in [2.45, 2.75) is 6.92 Å². The Hall–Kier alpha value is -4.20. The SMILES string of the molecule is COC(=O)Nc1ccc(Oc2c(F)cccc2F)c(-n2cc(C)c(=O)c3ccccc32)c1. The lowest BCUT2D eigenvalue weighted by Gasteiger charge is -2.18. The molecule has 1 heterocycles. The fourth-order valence-electron chi connectivity index (χ4n) is 3.34. The molecule has 4 aromatic rings. The van der Waals surface area contributed by atoms with Gasteiger partial charge in [0.25, 0.3) is 0 Å². The molecule has 1 amide bonds. The Morgan fingerprint density at radius 3 is 2.44 bits per heavy atom. The van der Waals surface area contributed by atoms with E-state index in [1.807, 2.05) is 0 Å². The van der Waals surface area contributed by atoms with Crippen LogP contribution in [0.2, 0.25) is 0 Å². The number of carbonyl (C=O) groups is 1. The van der Waals surface area contributed by atoms with E-state index in [4.69, 9.17) is 4.74 Å². The minimum atomic E-state index is -0.867. The van der Waals surface area contributed by atoms with Crippen LogP contribution in [0.25, 0.3) is 16.6 Å².